The van der Waals surface area contributed by atoms with Crippen LogP contribution in [0.3, 0.4) is 0 Å². The van der Waals surface area contributed by atoms with Gasteiger partial charge >= 0.3 is 5.97 Å². The van der Waals surface area contributed by atoms with Crippen molar-refractivity contribution in [2.45, 2.75) is 30.7 Å². The van der Waals surface area contributed by atoms with E-state index in [0.717, 1.165) is 6.42 Å². The molecule has 16 heavy (non-hydrogen) atoms. The Morgan fingerprint density at radius 1 is 1.44 bits per heavy atom. The van der Waals surface area contributed by atoms with Crippen LogP contribution in [0.2, 0.25) is 0 Å². The molecule has 0 saturated heterocycles. The number of rotatable bonds is 2. The fraction of sp³-hybridized carbons (Fsp3) is 0.462. The summed E-state index contributed by atoms with van der Waals surface area (Å²) in [5, 5.41) is 0. The lowest BCUT2D eigenvalue weighted by atomic mass is 9.93. The number of hydrogen-bond acceptors (Lipinski definition) is 3. The van der Waals surface area contributed by atoms with Crippen LogP contribution < -0.4 is 5.73 Å². The molecule has 0 heterocycles. The predicted octanol–water partition coefficient (Wildman–Crippen LogP) is 1.82. The molecule has 86 valence electrons. The van der Waals surface area contributed by atoms with Crippen molar-refractivity contribution in [1.82, 2.24) is 0 Å². The van der Waals surface area contributed by atoms with E-state index in [1.165, 1.54) is 12.7 Å². The fourth-order valence-electron chi connectivity index (χ4n) is 2.47. The number of methoxy groups -OCH3 is 1. The molecule has 2 N–H and O–H groups in total. The van der Waals surface area contributed by atoms with E-state index in [1.807, 2.05) is 18.2 Å². The Balaban J connectivity index is 2.12. The molecule has 1 aliphatic rings. The SMILES string of the molecule is COC(=O)[C@]1(N)CC[C@@H](c2ccccc2)C1. The molecule has 0 aromatic heterocycles. The largest absolute Gasteiger partial charge is 0.468 e. The zero-order valence-corrected chi connectivity index (χ0v) is 9.48. The summed E-state index contributed by atoms with van der Waals surface area (Å²) in [7, 11) is 1.40. The quantitative estimate of drug-likeness (QED) is 0.772. The first-order valence-corrected chi connectivity index (χ1v) is 5.58. The number of nitrogens with two attached hydrogens (primary N) is 1. The van der Waals surface area contributed by atoms with Crippen molar-refractivity contribution >= 4 is 5.97 Å². The van der Waals surface area contributed by atoms with Gasteiger partial charge in [-0.1, -0.05) is 30.3 Å². The lowest BCUT2D eigenvalue weighted by Crippen LogP contribution is -2.46. The van der Waals surface area contributed by atoms with Crippen LogP contribution in [-0.4, -0.2) is 18.6 Å². The molecule has 1 saturated carbocycles. The van der Waals surface area contributed by atoms with E-state index < -0.39 is 5.54 Å². The Labute approximate surface area is 95.6 Å². The van der Waals surface area contributed by atoms with Crippen molar-refractivity contribution in [3.05, 3.63) is 35.9 Å². The molecule has 0 spiro atoms. The molecule has 0 bridgehead atoms. The maximum Gasteiger partial charge on any atom is 0.325 e. The number of benzene rings is 1. The molecule has 2 atom stereocenters. The van der Waals surface area contributed by atoms with Crippen LogP contribution in [0.15, 0.2) is 30.3 Å². The summed E-state index contributed by atoms with van der Waals surface area (Å²) >= 11 is 0. The van der Waals surface area contributed by atoms with Gasteiger partial charge in [0.25, 0.3) is 0 Å². The molecule has 0 aliphatic heterocycles. The van der Waals surface area contributed by atoms with E-state index in [1.54, 1.807) is 0 Å². The van der Waals surface area contributed by atoms with Crippen LogP contribution in [0.5, 0.6) is 0 Å². The molecule has 0 unspecified atom stereocenters. The highest BCUT2D eigenvalue weighted by Gasteiger charge is 2.43. The number of hydrogen-bond donors (Lipinski definition) is 1. The van der Waals surface area contributed by atoms with Crippen LogP contribution in [-0.2, 0) is 9.53 Å². The van der Waals surface area contributed by atoms with Crippen molar-refractivity contribution in [2.24, 2.45) is 5.73 Å². The summed E-state index contributed by atoms with van der Waals surface area (Å²) in [5.74, 6) is 0.0937. The minimum Gasteiger partial charge on any atom is -0.468 e. The molecular formula is C13H17NO2. The predicted molar refractivity (Wildman–Crippen MR) is 62.0 cm³/mol. The molecule has 3 heteroatoms. The van der Waals surface area contributed by atoms with Gasteiger partial charge in [0.05, 0.1) is 7.11 Å². The van der Waals surface area contributed by atoms with Gasteiger partial charge in [-0.3, -0.25) is 4.79 Å². The highest BCUT2D eigenvalue weighted by molar-refractivity contribution is 5.81. The summed E-state index contributed by atoms with van der Waals surface area (Å²) < 4.78 is 4.76. The monoisotopic (exact) mass is 219 g/mol. The maximum atomic E-state index is 11.6. The van der Waals surface area contributed by atoms with E-state index in [0.29, 0.717) is 18.8 Å². The highest BCUT2D eigenvalue weighted by Crippen LogP contribution is 2.39. The summed E-state index contributed by atoms with van der Waals surface area (Å²) in [6.45, 7) is 0. The van der Waals surface area contributed by atoms with Gasteiger partial charge in [0, 0.05) is 0 Å². The molecule has 1 aliphatic carbocycles. The van der Waals surface area contributed by atoms with Crippen molar-refractivity contribution in [1.29, 1.82) is 0 Å². The average Bonchev–Trinajstić information content (AvgIpc) is 2.73. The minimum absolute atomic E-state index is 0.286. The van der Waals surface area contributed by atoms with Crippen molar-refractivity contribution < 1.29 is 9.53 Å². The van der Waals surface area contributed by atoms with Crippen LogP contribution in [0.1, 0.15) is 30.7 Å². The summed E-state index contributed by atoms with van der Waals surface area (Å²) in [4.78, 5) is 11.6. The first-order chi connectivity index (χ1) is 7.65. The van der Waals surface area contributed by atoms with E-state index in [-0.39, 0.29) is 5.97 Å². The smallest absolute Gasteiger partial charge is 0.325 e. The average molecular weight is 219 g/mol. The molecule has 1 aromatic rings. The summed E-state index contributed by atoms with van der Waals surface area (Å²) in [6.07, 6.45) is 2.35. The second-order valence-electron chi connectivity index (χ2n) is 4.50. The lowest BCUT2D eigenvalue weighted by Gasteiger charge is -2.20. The summed E-state index contributed by atoms with van der Waals surface area (Å²) in [6, 6.07) is 10.2. The first kappa shape index (κ1) is 11.1. The number of carbonyl (C=O) groups excluding carboxylic acids is 1. The lowest BCUT2D eigenvalue weighted by molar-refractivity contribution is -0.146. The zero-order chi connectivity index (χ0) is 11.6. The van der Waals surface area contributed by atoms with E-state index in [4.69, 9.17) is 10.5 Å². The van der Waals surface area contributed by atoms with Gasteiger partial charge in [-0.2, -0.15) is 0 Å². The van der Waals surface area contributed by atoms with E-state index in [2.05, 4.69) is 12.1 Å². The van der Waals surface area contributed by atoms with Gasteiger partial charge in [0.2, 0.25) is 0 Å². The topological polar surface area (TPSA) is 52.3 Å². The van der Waals surface area contributed by atoms with Gasteiger partial charge in [0.15, 0.2) is 0 Å². The van der Waals surface area contributed by atoms with E-state index in [9.17, 15) is 4.79 Å². The van der Waals surface area contributed by atoms with Crippen LogP contribution in [0, 0.1) is 0 Å². The summed E-state index contributed by atoms with van der Waals surface area (Å²) in [5.41, 5.74) is 6.55. The molecular weight excluding hydrogens is 202 g/mol. The maximum absolute atomic E-state index is 11.6. The molecule has 1 aromatic carbocycles. The minimum atomic E-state index is -0.782. The third-order valence-corrected chi connectivity index (χ3v) is 3.41. The van der Waals surface area contributed by atoms with Crippen LogP contribution in [0.4, 0.5) is 0 Å². The first-order valence-electron chi connectivity index (χ1n) is 5.58. The Morgan fingerprint density at radius 2 is 2.12 bits per heavy atom. The second-order valence-corrected chi connectivity index (χ2v) is 4.50. The third kappa shape index (κ3) is 1.95. The third-order valence-electron chi connectivity index (χ3n) is 3.41. The van der Waals surface area contributed by atoms with Crippen LogP contribution >= 0.6 is 0 Å². The molecule has 1 fully saturated rings. The zero-order valence-electron chi connectivity index (χ0n) is 9.48. The normalized spacial score (nSPS) is 29.0. The van der Waals surface area contributed by atoms with Crippen LogP contribution in [0.25, 0.3) is 0 Å². The highest BCUT2D eigenvalue weighted by atomic mass is 16.5. The van der Waals surface area contributed by atoms with Crippen molar-refractivity contribution in [2.75, 3.05) is 7.11 Å². The van der Waals surface area contributed by atoms with E-state index >= 15 is 0 Å². The van der Waals surface area contributed by atoms with Gasteiger partial charge < -0.3 is 10.5 Å². The second kappa shape index (κ2) is 4.26. The number of carbonyl (C=O) groups is 1. The Bertz CT molecular complexity index is 377. The molecule has 2 rings (SSSR count). The van der Waals surface area contributed by atoms with Gasteiger partial charge in [-0.15, -0.1) is 0 Å². The van der Waals surface area contributed by atoms with Gasteiger partial charge in [0.1, 0.15) is 5.54 Å². The fourth-order valence-corrected chi connectivity index (χ4v) is 2.47. The standard InChI is InChI=1S/C13H17NO2/c1-16-12(15)13(14)8-7-11(9-13)10-5-3-2-4-6-10/h2-6,11H,7-9,14H2,1H3/t11-,13+/m1/s1. The number of ether oxygens (including phenoxy) is 1. The Hall–Kier alpha value is -1.35. The van der Waals surface area contributed by atoms with Gasteiger partial charge in [-0.05, 0) is 30.7 Å². The number of esters is 1. The molecule has 3 nitrogen and oxygen atoms in total. The molecule has 0 radical (unpaired) electrons. The Kier molecular flexibility index (Phi) is 2.97. The Morgan fingerprint density at radius 3 is 2.75 bits per heavy atom. The van der Waals surface area contributed by atoms with Crippen molar-refractivity contribution in [3.8, 4) is 0 Å². The van der Waals surface area contributed by atoms with Gasteiger partial charge in [-0.25, -0.2) is 0 Å². The molecule has 0 amide bonds. The van der Waals surface area contributed by atoms with Crippen molar-refractivity contribution in [3.63, 3.8) is 0 Å².